The summed E-state index contributed by atoms with van der Waals surface area (Å²) < 4.78 is 0. The van der Waals surface area contributed by atoms with Crippen LogP contribution in [-0.2, 0) is 6.42 Å². The van der Waals surface area contributed by atoms with Gasteiger partial charge in [0.1, 0.15) is 0 Å². The average molecular weight is 242 g/mol. The fourth-order valence-corrected chi connectivity index (χ4v) is 2.90. The number of hydrogen-bond acceptors (Lipinski definition) is 1. The zero-order chi connectivity index (χ0) is 12.5. The van der Waals surface area contributed by atoms with Crippen molar-refractivity contribution in [2.75, 3.05) is 19.6 Å². The van der Waals surface area contributed by atoms with Gasteiger partial charge in [-0.15, -0.1) is 0 Å². The highest BCUT2D eigenvalue weighted by atomic mass is 15.2. The molecule has 1 aliphatic rings. The number of aromatic amines is 1. The third-order valence-electron chi connectivity index (χ3n) is 4.23. The Balaban J connectivity index is 1.66. The van der Waals surface area contributed by atoms with Crippen molar-refractivity contribution in [3.63, 3.8) is 0 Å². The summed E-state index contributed by atoms with van der Waals surface area (Å²) in [6.45, 7) is 8.27. The molecule has 2 aromatic rings. The van der Waals surface area contributed by atoms with Gasteiger partial charge in [-0.05, 0) is 37.0 Å². The fraction of sp³-hybridized carbons (Fsp3) is 0.500. The van der Waals surface area contributed by atoms with Crippen molar-refractivity contribution < 1.29 is 0 Å². The molecule has 0 radical (unpaired) electrons. The maximum Gasteiger partial charge on any atom is 0.0456 e. The van der Waals surface area contributed by atoms with Crippen molar-refractivity contribution in [3.8, 4) is 0 Å². The van der Waals surface area contributed by atoms with Gasteiger partial charge in [0, 0.05) is 36.7 Å². The van der Waals surface area contributed by atoms with Crippen LogP contribution in [0.5, 0.6) is 0 Å². The smallest absolute Gasteiger partial charge is 0.0456 e. The molecule has 2 heterocycles. The van der Waals surface area contributed by atoms with E-state index in [-0.39, 0.29) is 0 Å². The molecule has 2 heteroatoms. The second-order valence-corrected chi connectivity index (χ2v) is 5.65. The number of nitrogens with zero attached hydrogens (tertiary/aromatic N) is 1. The maximum atomic E-state index is 3.38. The van der Waals surface area contributed by atoms with Gasteiger partial charge in [0.05, 0.1) is 0 Å². The lowest BCUT2D eigenvalue weighted by Crippen LogP contribution is -2.46. The van der Waals surface area contributed by atoms with E-state index in [9.17, 15) is 0 Å². The van der Waals surface area contributed by atoms with Crippen molar-refractivity contribution in [2.45, 2.75) is 26.7 Å². The van der Waals surface area contributed by atoms with Gasteiger partial charge in [-0.2, -0.15) is 0 Å². The molecule has 0 saturated carbocycles. The Bertz CT molecular complexity index is 535. The Morgan fingerprint density at radius 1 is 1.33 bits per heavy atom. The van der Waals surface area contributed by atoms with E-state index < -0.39 is 0 Å². The molecule has 0 aliphatic carbocycles. The van der Waals surface area contributed by atoms with Crippen molar-refractivity contribution in [1.29, 1.82) is 0 Å². The predicted octanol–water partition coefficient (Wildman–Crippen LogP) is 3.36. The summed E-state index contributed by atoms with van der Waals surface area (Å²) in [5.41, 5.74) is 4.08. The summed E-state index contributed by atoms with van der Waals surface area (Å²) in [6.07, 6.45) is 4.68. The number of aromatic nitrogens is 1. The molecule has 0 amide bonds. The number of benzene rings is 1. The quantitative estimate of drug-likeness (QED) is 0.871. The molecule has 0 spiro atoms. The first kappa shape index (κ1) is 11.8. The Morgan fingerprint density at radius 2 is 2.17 bits per heavy atom. The van der Waals surface area contributed by atoms with Gasteiger partial charge in [0.2, 0.25) is 0 Å². The van der Waals surface area contributed by atoms with Crippen LogP contribution in [0.4, 0.5) is 0 Å². The summed E-state index contributed by atoms with van der Waals surface area (Å²) in [6, 6.07) is 6.65. The molecule has 0 unspecified atom stereocenters. The van der Waals surface area contributed by atoms with Crippen LogP contribution in [0.1, 0.15) is 24.5 Å². The Kier molecular flexibility index (Phi) is 3.13. The third-order valence-corrected chi connectivity index (χ3v) is 4.23. The lowest BCUT2D eigenvalue weighted by atomic mass is 9.96. The zero-order valence-corrected chi connectivity index (χ0v) is 11.4. The van der Waals surface area contributed by atoms with Crippen molar-refractivity contribution in [1.82, 2.24) is 9.88 Å². The molecular weight excluding hydrogens is 220 g/mol. The minimum absolute atomic E-state index is 0.954. The van der Waals surface area contributed by atoms with E-state index in [2.05, 4.69) is 48.1 Å². The molecule has 1 aromatic heterocycles. The number of likely N-dealkylation sites (tertiary alicyclic amines) is 1. The van der Waals surface area contributed by atoms with E-state index in [1.54, 1.807) is 0 Å². The number of aryl methyl sites for hydroxylation is 1. The van der Waals surface area contributed by atoms with Crippen LogP contribution in [0.25, 0.3) is 10.9 Å². The van der Waals surface area contributed by atoms with Gasteiger partial charge in [0.25, 0.3) is 0 Å². The van der Waals surface area contributed by atoms with Crippen LogP contribution in [0.3, 0.4) is 0 Å². The molecule has 96 valence electrons. The highest BCUT2D eigenvalue weighted by Gasteiger charge is 2.24. The number of nitrogens with one attached hydrogen (secondary N) is 1. The highest BCUT2D eigenvalue weighted by molar-refractivity contribution is 5.83. The molecule has 1 aromatic carbocycles. The zero-order valence-electron chi connectivity index (χ0n) is 11.4. The van der Waals surface area contributed by atoms with Crippen molar-refractivity contribution in [3.05, 3.63) is 35.5 Å². The minimum Gasteiger partial charge on any atom is -0.361 e. The monoisotopic (exact) mass is 242 g/mol. The van der Waals surface area contributed by atoms with Crippen LogP contribution in [0.2, 0.25) is 0 Å². The Hall–Kier alpha value is -1.28. The summed E-state index contributed by atoms with van der Waals surface area (Å²) in [5.74, 6) is 0.954. The molecule has 1 aliphatic heterocycles. The standard InChI is InChI=1S/C16H22N2/c1-3-13-10-18(11-13)7-6-14-9-17-16-5-4-12(2)8-15(14)16/h4-5,8-9,13,17H,3,6-7,10-11H2,1-2H3. The second-order valence-electron chi connectivity index (χ2n) is 5.65. The molecule has 1 saturated heterocycles. The normalized spacial score (nSPS) is 17.2. The minimum atomic E-state index is 0.954. The van der Waals surface area contributed by atoms with Gasteiger partial charge < -0.3 is 9.88 Å². The van der Waals surface area contributed by atoms with Gasteiger partial charge in [-0.3, -0.25) is 0 Å². The van der Waals surface area contributed by atoms with Crippen LogP contribution < -0.4 is 0 Å². The molecule has 3 rings (SSSR count). The molecule has 1 N–H and O–H groups in total. The summed E-state index contributed by atoms with van der Waals surface area (Å²) in [7, 11) is 0. The third kappa shape index (κ3) is 2.17. The van der Waals surface area contributed by atoms with Gasteiger partial charge in [-0.1, -0.05) is 25.0 Å². The second kappa shape index (κ2) is 4.77. The van der Waals surface area contributed by atoms with E-state index in [0.29, 0.717) is 0 Å². The fourth-order valence-electron chi connectivity index (χ4n) is 2.90. The first-order valence-corrected chi connectivity index (χ1v) is 7.05. The van der Waals surface area contributed by atoms with Gasteiger partial charge in [0.15, 0.2) is 0 Å². The number of H-pyrrole nitrogens is 1. The van der Waals surface area contributed by atoms with E-state index in [1.807, 2.05) is 0 Å². The Morgan fingerprint density at radius 3 is 2.94 bits per heavy atom. The SMILES string of the molecule is CCC1CN(CCc2c[nH]c3ccc(C)cc23)C1. The van der Waals surface area contributed by atoms with Crippen LogP contribution in [-0.4, -0.2) is 29.5 Å². The van der Waals surface area contributed by atoms with Crippen molar-refractivity contribution in [2.24, 2.45) is 5.92 Å². The topological polar surface area (TPSA) is 19.0 Å². The average Bonchev–Trinajstić information content (AvgIpc) is 2.70. The first-order chi connectivity index (χ1) is 8.76. The Labute approximate surface area is 109 Å². The number of hydrogen-bond donors (Lipinski definition) is 1. The van der Waals surface area contributed by atoms with E-state index in [0.717, 1.165) is 5.92 Å². The molecule has 0 bridgehead atoms. The van der Waals surface area contributed by atoms with Crippen LogP contribution >= 0.6 is 0 Å². The van der Waals surface area contributed by atoms with E-state index in [1.165, 1.54) is 54.5 Å². The van der Waals surface area contributed by atoms with E-state index >= 15 is 0 Å². The molecule has 18 heavy (non-hydrogen) atoms. The molecular formula is C16H22N2. The molecule has 0 atom stereocenters. The van der Waals surface area contributed by atoms with Crippen molar-refractivity contribution >= 4 is 10.9 Å². The van der Waals surface area contributed by atoms with Gasteiger partial charge >= 0.3 is 0 Å². The lowest BCUT2D eigenvalue weighted by molar-refractivity contribution is 0.0995. The predicted molar refractivity (Wildman–Crippen MR) is 77.0 cm³/mol. The summed E-state index contributed by atoms with van der Waals surface area (Å²) >= 11 is 0. The van der Waals surface area contributed by atoms with E-state index in [4.69, 9.17) is 0 Å². The first-order valence-electron chi connectivity index (χ1n) is 7.05. The maximum absolute atomic E-state index is 3.38. The lowest BCUT2D eigenvalue weighted by Gasteiger charge is -2.38. The number of rotatable bonds is 4. The van der Waals surface area contributed by atoms with Gasteiger partial charge in [-0.25, -0.2) is 0 Å². The summed E-state index contributed by atoms with van der Waals surface area (Å²) in [5, 5.41) is 1.41. The number of fused-ring (bicyclic) bond motifs is 1. The van der Waals surface area contributed by atoms with Crippen LogP contribution in [0, 0.1) is 12.8 Å². The summed E-state index contributed by atoms with van der Waals surface area (Å²) in [4.78, 5) is 5.95. The van der Waals surface area contributed by atoms with Crippen LogP contribution in [0.15, 0.2) is 24.4 Å². The highest BCUT2D eigenvalue weighted by Crippen LogP contribution is 2.22. The largest absolute Gasteiger partial charge is 0.361 e. The molecule has 1 fully saturated rings. The molecule has 2 nitrogen and oxygen atoms in total.